The molecule has 6 heterocycles. The van der Waals surface area contributed by atoms with E-state index < -0.39 is 37.3 Å². The van der Waals surface area contributed by atoms with Crippen LogP contribution in [0.3, 0.4) is 0 Å². The molecule has 6 N–H and O–H groups in total. The summed E-state index contributed by atoms with van der Waals surface area (Å²) in [7, 11) is 1.74. The number of nitrogens with zero attached hydrogens (tertiary/aromatic N) is 3. The second-order valence-electron chi connectivity index (χ2n) is 14.6. The van der Waals surface area contributed by atoms with Crippen LogP contribution in [-0.2, 0) is 20.7 Å². The topological polar surface area (TPSA) is 177 Å². The summed E-state index contributed by atoms with van der Waals surface area (Å²) < 4.78 is 11.0. The molecule has 12 nitrogen and oxygen atoms in total. The number of rotatable bonds is 11. The van der Waals surface area contributed by atoms with Crippen LogP contribution in [0.5, 0.6) is 0 Å². The minimum atomic E-state index is -1.51. The highest BCUT2D eigenvalue weighted by molar-refractivity contribution is 5.98. The lowest BCUT2D eigenvalue weighted by Crippen LogP contribution is -2.59. The highest BCUT2D eigenvalue weighted by Gasteiger charge is 2.44. The van der Waals surface area contributed by atoms with Gasteiger partial charge in [-0.2, -0.15) is 0 Å². The van der Waals surface area contributed by atoms with Crippen molar-refractivity contribution in [3.8, 4) is 0 Å². The number of carbonyl (C=O) groups is 1. The molecular formula is C42H53N5O7. The summed E-state index contributed by atoms with van der Waals surface area (Å²) >= 11 is 0. The number of ether oxygens (including phenoxy) is 2. The third-order valence-electron chi connectivity index (χ3n) is 11.1. The lowest BCUT2D eigenvalue weighted by molar-refractivity contribution is -0.301. The fraction of sp³-hybridized carbons (Fsp3) is 0.452. The molecule has 3 aliphatic rings. The molecule has 0 aromatic carbocycles. The van der Waals surface area contributed by atoms with Gasteiger partial charge in [0.1, 0.15) is 24.4 Å². The average molecular weight is 740 g/mol. The van der Waals surface area contributed by atoms with Crippen LogP contribution in [0.1, 0.15) is 85.1 Å². The van der Waals surface area contributed by atoms with Crippen LogP contribution in [0.2, 0.25) is 0 Å². The fourth-order valence-corrected chi connectivity index (χ4v) is 7.59. The molecule has 0 spiro atoms. The first-order valence-corrected chi connectivity index (χ1v) is 18.7. The minimum Gasteiger partial charge on any atom is -0.394 e. The Morgan fingerprint density at radius 3 is 2.31 bits per heavy atom. The Kier molecular flexibility index (Phi) is 11.7. The molecule has 5 atom stereocenters. The molecule has 12 heteroatoms. The highest BCUT2D eigenvalue weighted by atomic mass is 16.7. The number of aliphatic hydroxyl groups excluding tert-OH is 4. The van der Waals surface area contributed by atoms with Crippen LogP contribution in [0, 0.1) is 20.8 Å². The predicted molar refractivity (Wildman–Crippen MR) is 211 cm³/mol. The molecule has 1 fully saturated rings. The van der Waals surface area contributed by atoms with E-state index in [0.717, 1.165) is 84.7 Å². The van der Waals surface area contributed by atoms with Gasteiger partial charge in [0.05, 0.1) is 36.0 Å². The van der Waals surface area contributed by atoms with Crippen LogP contribution in [0.15, 0.2) is 36.9 Å². The number of H-pyrrole nitrogens is 2. The van der Waals surface area contributed by atoms with Crippen molar-refractivity contribution in [1.29, 1.82) is 0 Å². The van der Waals surface area contributed by atoms with E-state index in [1.807, 2.05) is 12.1 Å². The maximum Gasteiger partial charge on any atom is 0.222 e. The van der Waals surface area contributed by atoms with Crippen LogP contribution >= 0.6 is 0 Å². The molecule has 1 amide bonds. The van der Waals surface area contributed by atoms with E-state index in [0.29, 0.717) is 19.4 Å². The van der Waals surface area contributed by atoms with E-state index in [1.54, 1.807) is 11.9 Å². The fourth-order valence-electron chi connectivity index (χ4n) is 7.59. The van der Waals surface area contributed by atoms with Crippen molar-refractivity contribution in [2.45, 2.75) is 97.9 Å². The van der Waals surface area contributed by atoms with Crippen LogP contribution < -0.4 is 0 Å². The smallest absolute Gasteiger partial charge is 0.222 e. The first-order chi connectivity index (χ1) is 25.8. The van der Waals surface area contributed by atoms with Gasteiger partial charge in [0, 0.05) is 47.7 Å². The second-order valence-corrected chi connectivity index (χ2v) is 14.6. The van der Waals surface area contributed by atoms with E-state index in [2.05, 4.69) is 76.3 Å². The van der Waals surface area contributed by atoms with Gasteiger partial charge in [-0.05, 0) is 117 Å². The minimum absolute atomic E-state index is 0.0416. The van der Waals surface area contributed by atoms with Gasteiger partial charge < -0.3 is 44.8 Å². The van der Waals surface area contributed by atoms with Crippen LogP contribution in [-0.4, -0.2) is 109 Å². The van der Waals surface area contributed by atoms with Crippen LogP contribution in [0.25, 0.3) is 44.4 Å². The van der Waals surface area contributed by atoms with Gasteiger partial charge in [0.15, 0.2) is 6.29 Å². The Balaban J connectivity index is 1.29. The number of hydrogen-bond acceptors (Lipinski definition) is 9. The first-order valence-electron chi connectivity index (χ1n) is 18.7. The maximum atomic E-state index is 13.4. The van der Waals surface area contributed by atoms with E-state index in [4.69, 9.17) is 19.4 Å². The molecule has 0 aliphatic carbocycles. The Labute approximate surface area is 315 Å². The number of fused-ring (bicyclic) bond motifs is 8. The first kappa shape index (κ1) is 39.3. The van der Waals surface area contributed by atoms with Crippen molar-refractivity contribution in [3.05, 3.63) is 81.9 Å². The quantitative estimate of drug-likeness (QED) is 0.143. The van der Waals surface area contributed by atoms with Gasteiger partial charge in [0.2, 0.25) is 5.91 Å². The summed E-state index contributed by atoms with van der Waals surface area (Å²) in [5, 5.41) is 39.7. The molecule has 0 saturated carbocycles. The summed E-state index contributed by atoms with van der Waals surface area (Å²) in [5.41, 5.74) is 15.9. The van der Waals surface area contributed by atoms with Gasteiger partial charge >= 0.3 is 0 Å². The summed E-state index contributed by atoms with van der Waals surface area (Å²) in [5.74, 6) is -0.0416. The van der Waals surface area contributed by atoms with Crippen molar-refractivity contribution in [1.82, 2.24) is 24.8 Å². The summed E-state index contributed by atoms with van der Waals surface area (Å²) in [6.07, 6.45) is -2.74. The number of amides is 1. The number of aromatic amines is 2. The zero-order chi connectivity index (χ0) is 39.0. The Morgan fingerprint density at radius 1 is 0.907 bits per heavy atom. The summed E-state index contributed by atoms with van der Waals surface area (Å²) in [6, 6.07) is 8.48. The maximum absolute atomic E-state index is 13.4. The monoisotopic (exact) mass is 739 g/mol. The third kappa shape index (κ3) is 7.46. The van der Waals surface area contributed by atoms with Crippen molar-refractivity contribution in [3.63, 3.8) is 0 Å². The third-order valence-corrected chi connectivity index (χ3v) is 11.1. The Bertz CT molecular complexity index is 2180. The van der Waals surface area contributed by atoms with E-state index >= 15 is 0 Å². The molecule has 3 aliphatic heterocycles. The molecule has 0 radical (unpaired) electrons. The Hall–Kier alpha value is -4.43. The Morgan fingerprint density at radius 2 is 1.61 bits per heavy atom. The molecule has 54 heavy (non-hydrogen) atoms. The normalized spacial score (nSPS) is 21.6. The standard InChI is InChI=1S/C42H53N5O7/c1-9-26-23(5)32-19-35-27(10-2)22(4)31(44-35)18-33-24(6)28(38(46-33)25(7)30-16-21(3)29(43-30)17-34(26)45-32)12-13-37(49)47(8)14-11-15-53-42-41(52)40(51)39(50)36(20-48)54-42/h10,16-19,36,39-43,45,48,50-52H,2,9,11-15,20H2,1,3-8H3/t36-,39-,40+,41-,42?/m1/s1. The number of aryl methyl sites for hydroxylation is 4. The molecule has 3 aromatic rings. The average Bonchev–Trinajstić information content (AvgIpc) is 3.86. The van der Waals surface area contributed by atoms with Gasteiger partial charge in [-0.15, -0.1) is 0 Å². The molecular weight excluding hydrogens is 686 g/mol. The predicted octanol–water partition coefficient (Wildman–Crippen LogP) is 5.30. The SMILES string of the molecule is C=CC1=C(C)c2cc3nc(c(C)c4cc(C)c(cc5[nH]c(cc1n2)c(C)c5CC)[nH]4)C(CCC(=O)N(C)CCCOC1O[C@H](CO)[C@@H](O)[C@H](O)[C@H]1O)=C3C. The number of aromatic nitrogens is 4. The zero-order valence-electron chi connectivity index (χ0n) is 32.3. The number of aliphatic hydroxyl groups is 4. The highest BCUT2D eigenvalue weighted by Crippen LogP contribution is 2.38. The lowest BCUT2D eigenvalue weighted by atomic mass is 9.98. The van der Waals surface area contributed by atoms with Gasteiger partial charge in [0.25, 0.3) is 0 Å². The van der Waals surface area contributed by atoms with Crippen molar-refractivity contribution < 1.29 is 34.7 Å². The second kappa shape index (κ2) is 16.1. The number of allylic oxidation sites excluding steroid dienone is 5. The largest absolute Gasteiger partial charge is 0.394 e. The van der Waals surface area contributed by atoms with Crippen LogP contribution in [0.4, 0.5) is 0 Å². The van der Waals surface area contributed by atoms with Crippen molar-refractivity contribution >= 4 is 50.3 Å². The van der Waals surface area contributed by atoms with E-state index in [9.17, 15) is 25.2 Å². The van der Waals surface area contributed by atoms with Gasteiger partial charge in [-0.25, -0.2) is 9.97 Å². The molecule has 288 valence electrons. The van der Waals surface area contributed by atoms with Crippen molar-refractivity contribution in [2.75, 3.05) is 26.8 Å². The van der Waals surface area contributed by atoms with E-state index in [-0.39, 0.29) is 18.9 Å². The molecule has 3 aromatic heterocycles. The number of carbonyl (C=O) groups excluding carboxylic acids is 1. The van der Waals surface area contributed by atoms with Gasteiger partial charge in [-0.3, -0.25) is 4.79 Å². The lowest BCUT2D eigenvalue weighted by Gasteiger charge is -2.39. The van der Waals surface area contributed by atoms with Crippen molar-refractivity contribution in [2.24, 2.45) is 0 Å². The number of nitrogens with one attached hydrogen (secondary N) is 2. The van der Waals surface area contributed by atoms with Gasteiger partial charge in [-0.1, -0.05) is 19.6 Å². The zero-order valence-corrected chi connectivity index (χ0v) is 32.3. The van der Waals surface area contributed by atoms with E-state index in [1.165, 1.54) is 11.1 Å². The molecule has 1 saturated heterocycles. The summed E-state index contributed by atoms with van der Waals surface area (Å²) in [6.45, 7) is 16.7. The molecule has 8 bridgehead atoms. The number of hydrogen-bond donors (Lipinski definition) is 6. The molecule has 1 unspecified atom stereocenters. The molecule has 6 rings (SSSR count). The summed E-state index contributed by atoms with van der Waals surface area (Å²) in [4.78, 5) is 32.7.